The van der Waals surface area contributed by atoms with Crippen molar-refractivity contribution in [1.29, 1.82) is 0 Å². The normalized spacial score (nSPS) is 23.8. The van der Waals surface area contributed by atoms with Crippen LogP contribution >= 0.6 is 11.6 Å². The Balaban J connectivity index is 2.19. The van der Waals surface area contributed by atoms with Crippen molar-refractivity contribution in [2.75, 3.05) is 13.2 Å². The Labute approximate surface area is 158 Å². The first kappa shape index (κ1) is 20.5. The van der Waals surface area contributed by atoms with E-state index in [0.717, 1.165) is 0 Å². The number of rotatable bonds is 8. The molecule has 26 heavy (non-hydrogen) atoms. The molecule has 1 saturated carbocycles. The van der Waals surface area contributed by atoms with E-state index in [4.69, 9.17) is 21.1 Å². The maximum atomic E-state index is 12.6. The number of hydrogen-bond acceptors (Lipinski definition) is 4. The minimum Gasteiger partial charge on any atom is -0.492 e. The number of aliphatic carboxylic acids is 1. The number of para-hydroxylation sites is 1. The smallest absolute Gasteiger partial charge is 0.330 e. The molecule has 0 aromatic heterocycles. The Morgan fingerprint density at radius 3 is 2.54 bits per heavy atom. The summed E-state index contributed by atoms with van der Waals surface area (Å²) < 4.78 is 11.1. The Morgan fingerprint density at radius 1 is 1.31 bits per heavy atom. The number of benzene rings is 1. The second-order valence-corrected chi connectivity index (χ2v) is 7.37. The summed E-state index contributed by atoms with van der Waals surface area (Å²) in [7, 11) is 0. The number of carboxylic acids is 1. The van der Waals surface area contributed by atoms with Gasteiger partial charge in [0, 0.05) is 24.0 Å². The first-order valence-electron chi connectivity index (χ1n) is 8.75. The summed E-state index contributed by atoms with van der Waals surface area (Å²) in [6, 6.07) is 5.17. The van der Waals surface area contributed by atoms with E-state index in [-0.39, 0.29) is 18.9 Å². The average molecular weight is 384 g/mol. The molecule has 144 valence electrons. The lowest BCUT2D eigenvalue weighted by Crippen LogP contribution is -2.76. The zero-order chi connectivity index (χ0) is 19.5. The summed E-state index contributed by atoms with van der Waals surface area (Å²) in [5.41, 5.74) is -1.45. The molecule has 2 unspecified atom stereocenters. The van der Waals surface area contributed by atoms with Crippen molar-refractivity contribution in [3.63, 3.8) is 0 Å². The van der Waals surface area contributed by atoms with Crippen LogP contribution in [0.2, 0.25) is 5.02 Å². The third-order valence-electron chi connectivity index (χ3n) is 5.17. The Hall–Kier alpha value is -1.79. The van der Waals surface area contributed by atoms with Crippen LogP contribution in [0.3, 0.4) is 0 Å². The first-order chi connectivity index (χ1) is 12.2. The van der Waals surface area contributed by atoms with Gasteiger partial charge in [0.05, 0.1) is 24.2 Å². The maximum Gasteiger partial charge on any atom is 0.330 e. The Kier molecular flexibility index (Phi) is 6.19. The molecule has 2 N–H and O–H groups in total. The molecule has 6 nitrogen and oxygen atoms in total. The highest BCUT2D eigenvalue weighted by Gasteiger charge is 2.66. The molecule has 1 fully saturated rings. The van der Waals surface area contributed by atoms with Crippen molar-refractivity contribution in [2.24, 2.45) is 5.41 Å². The van der Waals surface area contributed by atoms with E-state index in [0.29, 0.717) is 29.5 Å². The van der Waals surface area contributed by atoms with E-state index in [1.165, 1.54) is 0 Å². The minimum atomic E-state index is -1.35. The summed E-state index contributed by atoms with van der Waals surface area (Å²) in [6.45, 7) is 8.21. The minimum absolute atomic E-state index is 0.0136. The van der Waals surface area contributed by atoms with Crippen LogP contribution in [0.15, 0.2) is 18.2 Å². The van der Waals surface area contributed by atoms with Gasteiger partial charge in [-0.05, 0) is 19.9 Å². The SMILES string of the molecule is CCOc1c(Cl)cccc1CC(=O)NC1(C(=O)O)CC(OCC)C1(C)C. The second kappa shape index (κ2) is 7.84. The molecule has 1 aromatic rings. The highest BCUT2D eigenvalue weighted by atomic mass is 35.5. The number of hydrogen-bond donors (Lipinski definition) is 2. The van der Waals surface area contributed by atoms with E-state index < -0.39 is 22.8 Å². The lowest BCUT2D eigenvalue weighted by Gasteiger charge is -2.58. The van der Waals surface area contributed by atoms with Gasteiger partial charge in [-0.15, -0.1) is 0 Å². The fraction of sp³-hybridized carbons (Fsp3) is 0.579. The first-order valence-corrected chi connectivity index (χ1v) is 9.13. The zero-order valence-corrected chi connectivity index (χ0v) is 16.4. The van der Waals surface area contributed by atoms with Gasteiger partial charge in [0.1, 0.15) is 11.3 Å². The van der Waals surface area contributed by atoms with Crippen LogP contribution in [0.25, 0.3) is 0 Å². The fourth-order valence-corrected chi connectivity index (χ4v) is 3.74. The molecule has 0 saturated heterocycles. The van der Waals surface area contributed by atoms with Gasteiger partial charge in [0.25, 0.3) is 0 Å². The van der Waals surface area contributed by atoms with E-state index in [2.05, 4.69) is 5.32 Å². The summed E-state index contributed by atoms with van der Waals surface area (Å²) in [5, 5.41) is 12.9. The van der Waals surface area contributed by atoms with E-state index >= 15 is 0 Å². The summed E-state index contributed by atoms with van der Waals surface area (Å²) in [5.74, 6) is -0.988. The van der Waals surface area contributed by atoms with Crippen LogP contribution in [0, 0.1) is 5.41 Å². The van der Waals surface area contributed by atoms with Gasteiger partial charge < -0.3 is 19.9 Å². The van der Waals surface area contributed by atoms with Crippen molar-refractivity contribution < 1.29 is 24.2 Å². The van der Waals surface area contributed by atoms with Crippen molar-refractivity contribution in [3.8, 4) is 5.75 Å². The number of carbonyl (C=O) groups is 2. The second-order valence-electron chi connectivity index (χ2n) is 6.97. The highest BCUT2D eigenvalue weighted by molar-refractivity contribution is 6.32. The highest BCUT2D eigenvalue weighted by Crippen LogP contribution is 2.51. The van der Waals surface area contributed by atoms with Crippen LogP contribution in [-0.4, -0.2) is 41.8 Å². The monoisotopic (exact) mass is 383 g/mol. The number of nitrogens with one attached hydrogen (secondary N) is 1. The number of halogens is 1. The van der Waals surface area contributed by atoms with Crippen molar-refractivity contribution in [2.45, 2.75) is 52.2 Å². The zero-order valence-electron chi connectivity index (χ0n) is 15.6. The van der Waals surface area contributed by atoms with Gasteiger partial charge in [-0.25, -0.2) is 4.79 Å². The Morgan fingerprint density at radius 2 is 2.00 bits per heavy atom. The number of ether oxygens (including phenoxy) is 2. The van der Waals surface area contributed by atoms with Crippen LogP contribution < -0.4 is 10.1 Å². The molecule has 0 heterocycles. The topological polar surface area (TPSA) is 84.9 Å². The van der Waals surface area contributed by atoms with Gasteiger partial charge >= 0.3 is 5.97 Å². The van der Waals surface area contributed by atoms with Crippen molar-refractivity contribution in [1.82, 2.24) is 5.32 Å². The third kappa shape index (κ3) is 3.53. The summed E-state index contributed by atoms with van der Waals surface area (Å²) >= 11 is 6.15. The molecule has 0 radical (unpaired) electrons. The molecule has 7 heteroatoms. The lowest BCUT2D eigenvalue weighted by molar-refractivity contribution is -0.194. The molecule has 2 rings (SSSR count). The van der Waals surface area contributed by atoms with Crippen LogP contribution in [-0.2, 0) is 20.7 Å². The van der Waals surface area contributed by atoms with E-state index in [1.807, 2.05) is 13.8 Å². The van der Waals surface area contributed by atoms with Gasteiger partial charge in [-0.2, -0.15) is 0 Å². The number of carbonyl (C=O) groups excluding carboxylic acids is 1. The van der Waals surface area contributed by atoms with Crippen molar-refractivity contribution >= 4 is 23.5 Å². The molecular formula is C19H26ClNO5. The molecule has 0 bridgehead atoms. The lowest BCUT2D eigenvalue weighted by atomic mass is 9.54. The largest absolute Gasteiger partial charge is 0.492 e. The van der Waals surface area contributed by atoms with Crippen LogP contribution in [0.1, 0.15) is 39.7 Å². The van der Waals surface area contributed by atoms with Gasteiger partial charge in [0.15, 0.2) is 0 Å². The van der Waals surface area contributed by atoms with E-state index in [9.17, 15) is 14.7 Å². The molecule has 0 aliphatic heterocycles. The predicted molar refractivity (Wildman–Crippen MR) is 98.6 cm³/mol. The molecule has 1 aliphatic rings. The van der Waals surface area contributed by atoms with E-state index in [1.54, 1.807) is 32.0 Å². The molecule has 1 amide bonds. The predicted octanol–water partition coefficient (Wildman–Crippen LogP) is 3.06. The maximum absolute atomic E-state index is 12.6. The molecular weight excluding hydrogens is 358 g/mol. The van der Waals surface area contributed by atoms with Gasteiger partial charge in [-0.1, -0.05) is 37.6 Å². The molecule has 1 aliphatic carbocycles. The molecule has 0 spiro atoms. The van der Waals surface area contributed by atoms with Crippen LogP contribution in [0.4, 0.5) is 0 Å². The molecule has 1 aromatic carbocycles. The van der Waals surface area contributed by atoms with Crippen molar-refractivity contribution in [3.05, 3.63) is 28.8 Å². The average Bonchev–Trinajstić information content (AvgIpc) is 2.56. The number of amides is 1. The third-order valence-corrected chi connectivity index (χ3v) is 5.47. The van der Waals surface area contributed by atoms with Gasteiger partial charge in [-0.3, -0.25) is 4.79 Å². The quantitative estimate of drug-likeness (QED) is 0.720. The summed E-state index contributed by atoms with van der Waals surface area (Å²) in [6.07, 6.45) is 0.0114. The number of carboxylic acid groups (broad SMARTS) is 1. The summed E-state index contributed by atoms with van der Waals surface area (Å²) in [4.78, 5) is 24.6. The van der Waals surface area contributed by atoms with Gasteiger partial charge in [0.2, 0.25) is 5.91 Å². The Bertz CT molecular complexity index is 691. The molecule has 2 atom stereocenters. The standard InChI is InChI=1S/C19H26ClNO5/c1-5-25-14-11-19(17(23)24,18(14,3)4)21-15(22)10-12-8-7-9-13(20)16(12)26-6-2/h7-9,14H,5-6,10-11H2,1-4H3,(H,21,22)(H,23,24). The fourth-order valence-electron chi connectivity index (χ4n) is 3.49. The van der Waals surface area contributed by atoms with Crippen LogP contribution in [0.5, 0.6) is 5.75 Å².